The predicted molar refractivity (Wildman–Crippen MR) is 95.6 cm³/mol. The van der Waals surface area contributed by atoms with Crippen molar-refractivity contribution in [2.45, 2.75) is 58.0 Å². The van der Waals surface area contributed by atoms with Gasteiger partial charge in [-0.25, -0.2) is 0 Å². The third kappa shape index (κ3) is 4.10. The number of carbonyl (C=O) groups excluding carboxylic acids is 1. The molecule has 24 heavy (non-hydrogen) atoms. The summed E-state index contributed by atoms with van der Waals surface area (Å²) in [6.45, 7) is 3.42. The zero-order chi connectivity index (χ0) is 16.9. The van der Waals surface area contributed by atoms with Crippen LogP contribution in [0, 0.1) is 17.8 Å². The Bertz CT molecular complexity index is 529. The molecule has 0 aliphatic heterocycles. The average Bonchev–Trinajstić information content (AvgIpc) is 2.58. The molecule has 4 nitrogen and oxygen atoms in total. The lowest BCUT2D eigenvalue weighted by Gasteiger charge is -2.43. The number of rotatable bonds is 6. The van der Waals surface area contributed by atoms with Crippen LogP contribution in [0.4, 0.5) is 0 Å². The third-order valence-electron chi connectivity index (χ3n) is 5.65. The molecule has 2 bridgehead atoms. The molecule has 3 rings (SSSR count). The molecule has 0 aromatic heterocycles. The molecular formula is C20H30N2O2. The quantitative estimate of drug-likeness (QED) is 0.841. The van der Waals surface area contributed by atoms with Crippen molar-refractivity contribution in [3.05, 3.63) is 29.8 Å². The summed E-state index contributed by atoms with van der Waals surface area (Å²) in [6, 6.07) is 8.31. The molecule has 2 saturated carbocycles. The Morgan fingerprint density at radius 2 is 1.88 bits per heavy atom. The maximum atomic E-state index is 12.5. The molecular weight excluding hydrogens is 300 g/mol. The summed E-state index contributed by atoms with van der Waals surface area (Å²) >= 11 is 0. The second-order valence-electron chi connectivity index (χ2n) is 7.41. The molecule has 1 aromatic rings. The number of carbonyl (C=O) groups is 1. The van der Waals surface area contributed by atoms with Gasteiger partial charge in [0, 0.05) is 18.5 Å². The van der Waals surface area contributed by atoms with Gasteiger partial charge in [0.1, 0.15) is 5.75 Å². The molecule has 2 aliphatic rings. The van der Waals surface area contributed by atoms with Gasteiger partial charge < -0.3 is 15.8 Å². The summed E-state index contributed by atoms with van der Waals surface area (Å²) in [5.41, 5.74) is 7.43. The lowest BCUT2D eigenvalue weighted by Crippen LogP contribution is -2.49. The van der Waals surface area contributed by atoms with Crippen LogP contribution in [0.25, 0.3) is 0 Å². The topological polar surface area (TPSA) is 64.3 Å². The standard InChI is InChI=1S/C20H30N2O2/c1-2-10-24-18-8-6-14(7-9-18)13-22-20(23)17-11-15-4-3-5-16(12-17)19(15)21/h6-9,15-17,19H,2-5,10-13,21H2,1H3,(H,22,23). The van der Waals surface area contributed by atoms with Crippen LogP contribution in [0.15, 0.2) is 24.3 Å². The number of nitrogens with one attached hydrogen (secondary N) is 1. The van der Waals surface area contributed by atoms with Gasteiger partial charge in [0.2, 0.25) is 5.91 Å². The highest BCUT2D eigenvalue weighted by molar-refractivity contribution is 5.78. The molecule has 0 spiro atoms. The van der Waals surface area contributed by atoms with Crippen molar-refractivity contribution in [2.24, 2.45) is 23.5 Å². The number of hydrogen-bond acceptors (Lipinski definition) is 3. The fourth-order valence-corrected chi connectivity index (χ4v) is 4.26. The largest absolute Gasteiger partial charge is 0.494 e. The van der Waals surface area contributed by atoms with E-state index in [2.05, 4.69) is 12.2 Å². The Kier molecular flexibility index (Phi) is 5.77. The van der Waals surface area contributed by atoms with Crippen molar-refractivity contribution < 1.29 is 9.53 Å². The Balaban J connectivity index is 1.48. The molecule has 2 unspecified atom stereocenters. The van der Waals surface area contributed by atoms with E-state index in [0.29, 0.717) is 24.4 Å². The zero-order valence-corrected chi connectivity index (χ0v) is 14.7. The van der Waals surface area contributed by atoms with E-state index in [1.165, 1.54) is 19.3 Å². The number of nitrogens with two attached hydrogens (primary N) is 1. The first-order valence-corrected chi connectivity index (χ1v) is 9.42. The summed E-state index contributed by atoms with van der Waals surface area (Å²) in [6.07, 6.45) is 6.61. The van der Waals surface area contributed by atoms with Crippen LogP contribution in [-0.2, 0) is 11.3 Å². The lowest BCUT2D eigenvalue weighted by molar-refractivity contribution is -0.128. The lowest BCUT2D eigenvalue weighted by atomic mass is 9.65. The Morgan fingerprint density at radius 3 is 2.50 bits per heavy atom. The van der Waals surface area contributed by atoms with Gasteiger partial charge in [0.15, 0.2) is 0 Å². The normalized spacial score (nSPS) is 29.1. The third-order valence-corrected chi connectivity index (χ3v) is 5.65. The molecule has 1 amide bonds. The fraction of sp³-hybridized carbons (Fsp3) is 0.650. The van der Waals surface area contributed by atoms with Crippen molar-refractivity contribution in [3.8, 4) is 5.75 Å². The van der Waals surface area contributed by atoms with Crippen LogP contribution in [0.2, 0.25) is 0 Å². The zero-order valence-electron chi connectivity index (χ0n) is 14.7. The maximum absolute atomic E-state index is 12.5. The number of benzene rings is 1. The van der Waals surface area contributed by atoms with E-state index in [-0.39, 0.29) is 11.8 Å². The second-order valence-corrected chi connectivity index (χ2v) is 7.41. The molecule has 2 fully saturated rings. The maximum Gasteiger partial charge on any atom is 0.223 e. The summed E-state index contributed by atoms with van der Waals surface area (Å²) in [5, 5.41) is 3.11. The van der Waals surface area contributed by atoms with E-state index < -0.39 is 0 Å². The highest BCUT2D eigenvalue weighted by Crippen LogP contribution is 2.41. The van der Waals surface area contributed by atoms with Crippen LogP contribution in [0.5, 0.6) is 5.75 Å². The Labute approximate surface area is 145 Å². The molecule has 1 aromatic carbocycles. The first-order chi connectivity index (χ1) is 11.7. The molecule has 4 heteroatoms. The second kappa shape index (κ2) is 8.02. The van der Waals surface area contributed by atoms with Crippen molar-refractivity contribution in [3.63, 3.8) is 0 Å². The fourth-order valence-electron chi connectivity index (χ4n) is 4.26. The Hall–Kier alpha value is -1.55. The van der Waals surface area contributed by atoms with Gasteiger partial charge in [0.05, 0.1) is 6.61 Å². The SMILES string of the molecule is CCCOc1ccc(CNC(=O)C2CC3CCCC(C2)C3N)cc1. The van der Waals surface area contributed by atoms with Crippen LogP contribution in [-0.4, -0.2) is 18.6 Å². The minimum atomic E-state index is 0.146. The van der Waals surface area contributed by atoms with E-state index in [4.69, 9.17) is 10.5 Å². The first kappa shape index (κ1) is 17.3. The highest BCUT2D eigenvalue weighted by atomic mass is 16.5. The van der Waals surface area contributed by atoms with Gasteiger partial charge in [-0.05, 0) is 61.6 Å². The number of amides is 1. The summed E-state index contributed by atoms with van der Waals surface area (Å²) < 4.78 is 5.58. The number of fused-ring (bicyclic) bond motifs is 2. The van der Waals surface area contributed by atoms with Crippen molar-refractivity contribution >= 4 is 5.91 Å². The van der Waals surface area contributed by atoms with E-state index >= 15 is 0 Å². The summed E-state index contributed by atoms with van der Waals surface area (Å²) in [4.78, 5) is 12.5. The van der Waals surface area contributed by atoms with Crippen molar-refractivity contribution in [2.75, 3.05) is 6.61 Å². The van der Waals surface area contributed by atoms with Crippen LogP contribution in [0.1, 0.15) is 51.0 Å². The summed E-state index contributed by atoms with van der Waals surface area (Å²) in [5.74, 6) is 2.32. The van der Waals surface area contributed by atoms with Crippen LogP contribution in [0.3, 0.4) is 0 Å². The van der Waals surface area contributed by atoms with Crippen LogP contribution >= 0.6 is 0 Å². The minimum Gasteiger partial charge on any atom is -0.494 e. The van der Waals surface area contributed by atoms with E-state index in [0.717, 1.165) is 37.2 Å². The van der Waals surface area contributed by atoms with Gasteiger partial charge >= 0.3 is 0 Å². The van der Waals surface area contributed by atoms with Crippen LogP contribution < -0.4 is 15.8 Å². The molecule has 2 aliphatic carbocycles. The van der Waals surface area contributed by atoms with Crippen molar-refractivity contribution in [1.82, 2.24) is 5.32 Å². The van der Waals surface area contributed by atoms with Crippen molar-refractivity contribution in [1.29, 1.82) is 0 Å². The monoisotopic (exact) mass is 330 g/mol. The molecule has 0 heterocycles. The van der Waals surface area contributed by atoms with Gasteiger partial charge in [-0.2, -0.15) is 0 Å². The van der Waals surface area contributed by atoms with Gasteiger partial charge in [-0.15, -0.1) is 0 Å². The minimum absolute atomic E-state index is 0.146. The average molecular weight is 330 g/mol. The number of ether oxygens (including phenoxy) is 1. The van der Waals surface area contributed by atoms with E-state index in [1.807, 2.05) is 24.3 Å². The smallest absolute Gasteiger partial charge is 0.223 e. The predicted octanol–water partition coefficient (Wildman–Crippen LogP) is 3.25. The van der Waals surface area contributed by atoms with Gasteiger partial charge in [0.25, 0.3) is 0 Å². The van der Waals surface area contributed by atoms with E-state index in [1.54, 1.807) is 0 Å². The first-order valence-electron chi connectivity index (χ1n) is 9.42. The molecule has 3 N–H and O–H groups in total. The highest BCUT2D eigenvalue weighted by Gasteiger charge is 2.40. The van der Waals surface area contributed by atoms with Gasteiger partial charge in [-0.1, -0.05) is 25.5 Å². The number of hydrogen-bond donors (Lipinski definition) is 2. The molecule has 2 atom stereocenters. The van der Waals surface area contributed by atoms with Gasteiger partial charge in [-0.3, -0.25) is 4.79 Å². The van der Waals surface area contributed by atoms with E-state index in [9.17, 15) is 4.79 Å². The Morgan fingerprint density at radius 1 is 1.21 bits per heavy atom. The molecule has 0 radical (unpaired) electrons. The molecule has 0 saturated heterocycles. The molecule has 132 valence electrons. The summed E-state index contributed by atoms with van der Waals surface area (Å²) in [7, 11) is 0.